The van der Waals surface area contributed by atoms with Crippen LogP contribution >= 0.6 is 0 Å². The van der Waals surface area contributed by atoms with Crippen molar-refractivity contribution in [1.82, 2.24) is 9.62 Å². The number of rotatable bonds is 4. The Balaban J connectivity index is 1.94. The first-order valence-corrected chi connectivity index (χ1v) is 8.65. The maximum absolute atomic E-state index is 12.0. The highest BCUT2D eigenvalue weighted by Crippen LogP contribution is 2.37. The van der Waals surface area contributed by atoms with E-state index in [0.717, 1.165) is 32.1 Å². The molecule has 2 saturated heterocycles. The van der Waals surface area contributed by atoms with Crippen molar-refractivity contribution in [3.05, 3.63) is 0 Å². The van der Waals surface area contributed by atoms with Crippen LogP contribution in [0.2, 0.25) is 0 Å². The number of ether oxygens (including phenoxy) is 2. The maximum Gasteiger partial charge on any atom is 0.237 e. The third-order valence-electron chi connectivity index (χ3n) is 4.03. The standard InChI is InChI=1S/C12H22N2O5S/c1-18-10-9-14(11(15)8-13-20(2,16)17)6-5-12(10)4-3-7-19-12/h10,13H,3-9H2,1-2H3/t10-,12-/m0/s1. The summed E-state index contributed by atoms with van der Waals surface area (Å²) in [5, 5.41) is 0. The van der Waals surface area contributed by atoms with Crippen LogP contribution in [-0.4, -0.2) is 70.5 Å². The van der Waals surface area contributed by atoms with E-state index >= 15 is 0 Å². The van der Waals surface area contributed by atoms with E-state index in [0.29, 0.717) is 13.1 Å². The molecule has 1 spiro atoms. The van der Waals surface area contributed by atoms with Crippen molar-refractivity contribution in [3.63, 3.8) is 0 Å². The van der Waals surface area contributed by atoms with E-state index in [9.17, 15) is 13.2 Å². The molecule has 0 bridgehead atoms. The van der Waals surface area contributed by atoms with Crippen molar-refractivity contribution >= 4 is 15.9 Å². The third-order valence-corrected chi connectivity index (χ3v) is 4.70. The van der Waals surface area contributed by atoms with Gasteiger partial charge in [-0.2, -0.15) is 0 Å². The monoisotopic (exact) mass is 306 g/mol. The summed E-state index contributed by atoms with van der Waals surface area (Å²) in [6.07, 6.45) is 3.59. The molecule has 2 aliphatic rings. The number of carbonyl (C=O) groups excluding carboxylic acids is 1. The molecule has 2 atom stereocenters. The van der Waals surface area contributed by atoms with Gasteiger partial charge in [0.15, 0.2) is 0 Å². The van der Waals surface area contributed by atoms with Crippen molar-refractivity contribution in [1.29, 1.82) is 0 Å². The lowest BCUT2D eigenvalue weighted by Gasteiger charge is -2.44. The van der Waals surface area contributed by atoms with Crippen molar-refractivity contribution in [2.24, 2.45) is 0 Å². The van der Waals surface area contributed by atoms with Crippen molar-refractivity contribution in [3.8, 4) is 0 Å². The van der Waals surface area contributed by atoms with Crippen LogP contribution in [0.25, 0.3) is 0 Å². The average molecular weight is 306 g/mol. The van der Waals surface area contributed by atoms with E-state index in [1.807, 2.05) is 0 Å². The minimum atomic E-state index is -3.35. The first-order chi connectivity index (χ1) is 9.36. The summed E-state index contributed by atoms with van der Waals surface area (Å²) in [5.74, 6) is -0.231. The molecule has 0 radical (unpaired) electrons. The molecule has 116 valence electrons. The van der Waals surface area contributed by atoms with Gasteiger partial charge in [0.1, 0.15) is 6.10 Å². The van der Waals surface area contributed by atoms with Gasteiger partial charge >= 0.3 is 0 Å². The molecule has 2 aliphatic heterocycles. The molecule has 0 saturated carbocycles. The zero-order chi connectivity index (χ0) is 14.8. The molecule has 0 unspecified atom stereocenters. The molecule has 20 heavy (non-hydrogen) atoms. The third kappa shape index (κ3) is 3.49. The second-order valence-corrected chi connectivity index (χ2v) is 7.26. The fourth-order valence-electron chi connectivity index (χ4n) is 2.93. The van der Waals surface area contributed by atoms with Crippen LogP contribution in [0.4, 0.5) is 0 Å². The highest BCUT2D eigenvalue weighted by atomic mass is 32.2. The van der Waals surface area contributed by atoms with Gasteiger partial charge in [-0.3, -0.25) is 4.79 Å². The van der Waals surface area contributed by atoms with Gasteiger partial charge in [-0.15, -0.1) is 0 Å². The van der Waals surface area contributed by atoms with Crippen molar-refractivity contribution in [2.75, 3.05) is 39.6 Å². The SMILES string of the molecule is CO[C@H]1CN(C(=O)CNS(C)(=O)=O)CC[C@@]12CCCO2. The molecule has 2 fully saturated rings. The Morgan fingerprint density at radius 3 is 2.80 bits per heavy atom. The number of hydrogen-bond acceptors (Lipinski definition) is 5. The number of piperidine rings is 1. The van der Waals surface area contributed by atoms with E-state index in [4.69, 9.17) is 9.47 Å². The number of hydrogen-bond donors (Lipinski definition) is 1. The molecule has 0 aromatic rings. The fraction of sp³-hybridized carbons (Fsp3) is 0.917. The Hall–Kier alpha value is -0.700. The molecule has 2 heterocycles. The topological polar surface area (TPSA) is 84.9 Å². The Bertz CT molecular complexity index is 458. The minimum Gasteiger partial charge on any atom is -0.377 e. The van der Waals surface area contributed by atoms with Gasteiger partial charge in [0.2, 0.25) is 15.9 Å². The highest BCUT2D eigenvalue weighted by Gasteiger charge is 2.47. The van der Waals surface area contributed by atoms with E-state index in [1.165, 1.54) is 0 Å². The number of amides is 1. The fourth-order valence-corrected chi connectivity index (χ4v) is 3.32. The first-order valence-electron chi connectivity index (χ1n) is 6.75. The van der Waals surface area contributed by atoms with E-state index in [2.05, 4.69) is 4.72 Å². The lowest BCUT2D eigenvalue weighted by Crippen LogP contribution is -2.58. The van der Waals surface area contributed by atoms with Gasteiger partial charge in [0.05, 0.1) is 18.4 Å². The molecule has 1 amide bonds. The quantitative estimate of drug-likeness (QED) is 0.745. The number of nitrogens with zero attached hydrogens (tertiary/aromatic N) is 1. The summed E-state index contributed by atoms with van der Waals surface area (Å²) < 4.78 is 35.6. The second kappa shape index (κ2) is 5.97. The summed E-state index contributed by atoms with van der Waals surface area (Å²) in [5.41, 5.74) is -0.268. The molecule has 0 aromatic heterocycles. The maximum atomic E-state index is 12.0. The smallest absolute Gasteiger partial charge is 0.237 e. The van der Waals surface area contributed by atoms with Crippen LogP contribution in [0.5, 0.6) is 0 Å². The predicted molar refractivity (Wildman–Crippen MR) is 72.8 cm³/mol. The normalized spacial score (nSPS) is 30.9. The van der Waals surface area contributed by atoms with Gasteiger partial charge in [-0.05, 0) is 19.3 Å². The summed E-state index contributed by atoms with van der Waals surface area (Å²) >= 11 is 0. The average Bonchev–Trinajstić information content (AvgIpc) is 2.85. The van der Waals surface area contributed by atoms with E-state index in [-0.39, 0.29) is 24.2 Å². The largest absolute Gasteiger partial charge is 0.377 e. The Morgan fingerprint density at radius 1 is 1.50 bits per heavy atom. The number of methoxy groups -OCH3 is 1. The van der Waals surface area contributed by atoms with Crippen LogP contribution in [0.1, 0.15) is 19.3 Å². The summed E-state index contributed by atoms with van der Waals surface area (Å²) in [6.45, 7) is 1.55. The molecule has 0 aliphatic carbocycles. The number of nitrogens with one attached hydrogen (secondary N) is 1. The minimum absolute atomic E-state index is 0.152. The van der Waals surface area contributed by atoms with Gasteiger partial charge < -0.3 is 14.4 Å². The zero-order valence-corrected chi connectivity index (χ0v) is 12.7. The molecular formula is C12H22N2O5S. The predicted octanol–water partition coefficient (Wildman–Crippen LogP) is -0.668. The lowest BCUT2D eigenvalue weighted by molar-refractivity contribution is -0.157. The van der Waals surface area contributed by atoms with Crippen LogP contribution in [0, 0.1) is 0 Å². The van der Waals surface area contributed by atoms with Gasteiger partial charge in [0, 0.05) is 26.8 Å². The van der Waals surface area contributed by atoms with Crippen molar-refractivity contribution in [2.45, 2.75) is 31.0 Å². The molecule has 0 aromatic carbocycles. The van der Waals surface area contributed by atoms with Crippen LogP contribution in [0.3, 0.4) is 0 Å². The van der Waals surface area contributed by atoms with Crippen LogP contribution < -0.4 is 4.72 Å². The lowest BCUT2D eigenvalue weighted by atomic mass is 9.86. The first kappa shape index (κ1) is 15.7. The van der Waals surface area contributed by atoms with Crippen molar-refractivity contribution < 1.29 is 22.7 Å². The molecule has 7 nitrogen and oxygen atoms in total. The molecular weight excluding hydrogens is 284 g/mol. The Morgan fingerprint density at radius 2 is 2.25 bits per heavy atom. The Kier molecular flexibility index (Phi) is 4.68. The molecule has 8 heteroatoms. The van der Waals surface area contributed by atoms with E-state index in [1.54, 1.807) is 12.0 Å². The number of likely N-dealkylation sites (tertiary alicyclic amines) is 1. The summed E-state index contributed by atoms with van der Waals surface area (Å²) in [4.78, 5) is 13.7. The summed E-state index contributed by atoms with van der Waals surface area (Å²) in [7, 11) is -1.73. The second-order valence-electron chi connectivity index (χ2n) is 5.42. The molecule has 2 rings (SSSR count). The number of sulfonamides is 1. The van der Waals surface area contributed by atoms with Crippen LogP contribution in [-0.2, 0) is 24.3 Å². The van der Waals surface area contributed by atoms with Gasteiger partial charge in [-0.25, -0.2) is 13.1 Å². The zero-order valence-electron chi connectivity index (χ0n) is 11.9. The van der Waals surface area contributed by atoms with Crippen LogP contribution in [0.15, 0.2) is 0 Å². The number of carbonyl (C=O) groups is 1. The van der Waals surface area contributed by atoms with Gasteiger partial charge in [-0.1, -0.05) is 0 Å². The Labute approximate surface area is 119 Å². The van der Waals surface area contributed by atoms with Gasteiger partial charge in [0.25, 0.3) is 0 Å². The summed E-state index contributed by atoms with van der Waals surface area (Å²) in [6, 6.07) is 0. The molecule has 1 N–H and O–H groups in total. The van der Waals surface area contributed by atoms with E-state index < -0.39 is 10.0 Å². The highest BCUT2D eigenvalue weighted by molar-refractivity contribution is 7.88.